The minimum absolute atomic E-state index is 0.0650. The number of aryl methyl sites for hydroxylation is 1. The predicted molar refractivity (Wildman–Crippen MR) is 77.4 cm³/mol. The molecule has 2 aromatic rings. The van der Waals surface area contributed by atoms with Gasteiger partial charge in [-0.05, 0) is 37.5 Å². The van der Waals surface area contributed by atoms with Gasteiger partial charge in [-0.2, -0.15) is 0 Å². The molecule has 3 nitrogen and oxygen atoms in total. The van der Waals surface area contributed by atoms with Crippen molar-refractivity contribution in [1.82, 2.24) is 4.98 Å². The van der Waals surface area contributed by atoms with Crippen LogP contribution in [0, 0.1) is 12.7 Å². The van der Waals surface area contributed by atoms with Crippen molar-refractivity contribution in [3.05, 3.63) is 53.5 Å². The first kappa shape index (κ1) is 14.5. The number of nitrogens with two attached hydrogens (primary N) is 1. The quantitative estimate of drug-likeness (QED) is 0.906. The third kappa shape index (κ3) is 3.54. The zero-order valence-corrected chi connectivity index (χ0v) is 11.8. The molecule has 0 saturated heterocycles. The molecule has 0 fully saturated rings. The molecule has 1 aromatic heterocycles. The molecule has 2 rings (SSSR count). The van der Waals surface area contributed by atoms with Crippen LogP contribution in [0.2, 0.25) is 0 Å². The fourth-order valence-corrected chi connectivity index (χ4v) is 1.89. The van der Waals surface area contributed by atoms with Crippen LogP contribution in [-0.4, -0.2) is 11.0 Å². The van der Waals surface area contributed by atoms with E-state index in [1.165, 1.54) is 12.1 Å². The lowest BCUT2D eigenvalue weighted by molar-refractivity contribution is 0.445. The molecular weight excluding hydrogens is 255 g/mol. The Balaban J connectivity index is 2.27. The summed E-state index contributed by atoms with van der Waals surface area (Å²) in [4.78, 5) is 4.23. The third-order valence-electron chi connectivity index (χ3n) is 3.21. The molecule has 0 aliphatic heterocycles. The molecule has 1 atom stereocenters. The summed E-state index contributed by atoms with van der Waals surface area (Å²) >= 11 is 0. The van der Waals surface area contributed by atoms with Gasteiger partial charge in [0.1, 0.15) is 11.6 Å². The second-order valence-corrected chi connectivity index (χ2v) is 4.85. The summed E-state index contributed by atoms with van der Waals surface area (Å²) in [6.07, 6.45) is 3.23. The Morgan fingerprint density at radius 3 is 2.90 bits per heavy atom. The van der Waals surface area contributed by atoms with Crippen LogP contribution < -0.4 is 10.5 Å². The Morgan fingerprint density at radius 1 is 1.35 bits per heavy atom. The first-order chi connectivity index (χ1) is 9.60. The number of hydrogen-bond donors (Lipinski definition) is 1. The highest BCUT2D eigenvalue weighted by molar-refractivity contribution is 5.38. The zero-order chi connectivity index (χ0) is 14.5. The van der Waals surface area contributed by atoms with Crippen LogP contribution >= 0.6 is 0 Å². The molecule has 0 spiro atoms. The van der Waals surface area contributed by atoms with E-state index in [1.54, 1.807) is 12.3 Å². The highest BCUT2D eigenvalue weighted by Crippen LogP contribution is 2.27. The Morgan fingerprint density at radius 2 is 2.15 bits per heavy atom. The molecule has 4 heteroatoms. The van der Waals surface area contributed by atoms with E-state index < -0.39 is 0 Å². The van der Waals surface area contributed by atoms with Crippen LogP contribution in [0.15, 0.2) is 36.5 Å². The molecule has 0 aliphatic carbocycles. The van der Waals surface area contributed by atoms with Crippen LogP contribution in [-0.2, 0) is 6.42 Å². The summed E-state index contributed by atoms with van der Waals surface area (Å²) in [5, 5.41) is 0. The summed E-state index contributed by atoms with van der Waals surface area (Å²) in [6, 6.07) is 8.32. The number of nitrogens with zero attached hydrogens (tertiary/aromatic N) is 1. The van der Waals surface area contributed by atoms with Crippen LogP contribution in [0.5, 0.6) is 11.6 Å². The van der Waals surface area contributed by atoms with Gasteiger partial charge in [0.15, 0.2) is 0 Å². The van der Waals surface area contributed by atoms with Crippen molar-refractivity contribution in [3.63, 3.8) is 0 Å². The zero-order valence-electron chi connectivity index (χ0n) is 11.8. The number of hydrogen-bond acceptors (Lipinski definition) is 3. The SMILES string of the molecule is CCC(N)Cc1cccnc1Oc1cc(F)ccc1C. The van der Waals surface area contributed by atoms with E-state index in [4.69, 9.17) is 10.5 Å². The first-order valence-electron chi connectivity index (χ1n) is 6.73. The average Bonchev–Trinajstić information content (AvgIpc) is 2.44. The van der Waals surface area contributed by atoms with Crippen molar-refractivity contribution in [2.24, 2.45) is 5.73 Å². The van der Waals surface area contributed by atoms with Crippen LogP contribution in [0.4, 0.5) is 4.39 Å². The van der Waals surface area contributed by atoms with Crippen LogP contribution in [0.3, 0.4) is 0 Å². The standard InChI is InChI=1S/C16H19FN2O/c1-3-14(18)9-12-5-4-8-19-16(12)20-15-10-13(17)7-6-11(15)2/h4-8,10,14H,3,9,18H2,1-2H3. The normalized spacial score (nSPS) is 12.2. The third-order valence-corrected chi connectivity index (χ3v) is 3.21. The fraction of sp³-hybridized carbons (Fsp3) is 0.312. The maximum absolute atomic E-state index is 13.3. The van der Waals surface area contributed by atoms with Gasteiger partial charge in [0, 0.05) is 23.9 Å². The monoisotopic (exact) mass is 274 g/mol. The van der Waals surface area contributed by atoms with Gasteiger partial charge < -0.3 is 10.5 Å². The van der Waals surface area contributed by atoms with E-state index in [0.29, 0.717) is 18.1 Å². The van der Waals surface area contributed by atoms with E-state index in [1.807, 2.05) is 26.0 Å². The van der Waals surface area contributed by atoms with Crippen molar-refractivity contribution in [3.8, 4) is 11.6 Å². The van der Waals surface area contributed by atoms with Crippen molar-refractivity contribution in [2.45, 2.75) is 32.7 Å². The molecule has 1 aromatic carbocycles. The van der Waals surface area contributed by atoms with Gasteiger partial charge >= 0.3 is 0 Å². The van der Waals surface area contributed by atoms with E-state index >= 15 is 0 Å². The molecule has 1 heterocycles. The van der Waals surface area contributed by atoms with Gasteiger partial charge in [0.05, 0.1) is 0 Å². The molecule has 1 unspecified atom stereocenters. The highest BCUT2D eigenvalue weighted by Gasteiger charge is 2.11. The summed E-state index contributed by atoms with van der Waals surface area (Å²) in [5.74, 6) is 0.647. The van der Waals surface area contributed by atoms with Gasteiger partial charge in [-0.25, -0.2) is 9.37 Å². The van der Waals surface area contributed by atoms with E-state index in [0.717, 1.165) is 17.5 Å². The number of pyridine rings is 1. The molecule has 0 saturated carbocycles. The predicted octanol–water partition coefficient (Wildman–Crippen LogP) is 3.60. The minimum Gasteiger partial charge on any atom is -0.438 e. The summed E-state index contributed by atoms with van der Waals surface area (Å²) in [7, 11) is 0. The number of rotatable bonds is 5. The van der Waals surface area contributed by atoms with Gasteiger partial charge in [-0.3, -0.25) is 0 Å². The minimum atomic E-state index is -0.326. The van der Waals surface area contributed by atoms with E-state index in [9.17, 15) is 4.39 Å². The fourth-order valence-electron chi connectivity index (χ4n) is 1.89. The second kappa shape index (κ2) is 6.48. The Labute approximate surface area is 118 Å². The van der Waals surface area contributed by atoms with Crippen molar-refractivity contribution in [1.29, 1.82) is 0 Å². The van der Waals surface area contributed by atoms with Crippen LogP contribution in [0.1, 0.15) is 24.5 Å². The maximum Gasteiger partial charge on any atom is 0.222 e. The summed E-state index contributed by atoms with van der Waals surface area (Å²) < 4.78 is 19.1. The number of ether oxygens (including phenoxy) is 1. The van der Waals surface area contributed by atoms with Crippen molar-refractivity contribution >= 4 is 0 Å². The largest absolute Gasteiger partial charge is 0.438 e. The van der Waals surface area contributed by atoms with Gasteiger partial charge in [0.25, 0.3) is 0 Å². The lowest BCUT2D eigenvalue weighted by atomic mass is 10.1. The Kier molecular flexibility index (Phi) is 4.69. The number of halogens is 1. The van der Waals surface area contributed by atoms with Gasteiger partial charge in [0.2, 0.25) is 5.88 Å². The molecule has 0 aliphatic rings. The molecule has 106 valence electrons. The molecule has 20 heavy (non-hydrogen) atoms. The highest BCUT2D eigenvalue weighted by atomic mass is 19.1. The average molecular weight is 274 g/mol. The second-order valence-electron chi connectivity index (χ2n) is 4.85. The molecule has 0 radical (unpaired) electrons. The summed E-state index contributed by atoms with van der Waals surface area (Å²) in [5.41, 5.74) is 7.78. The molecule has 0 amide bonds. The maximum atomic E-state index is 13.3. The summed E-state index contributed by atoms with van der Waals surface area (Å²) in [6.45, 7) is 3.91. The van der Waals surface area contributed by atoms with Gasteiger partial charge in [-0.15, -0.1) is 0 Å². The number of benzene rings is 1. The van der Waals surface area contributed by atoms with Crippen LogP contribution in [0.25, 0.3) is 0 Å². The lowest BCUT2D eigenvalue weighted by Crippen LogP contribution is -2.21. The lowest BCUT2D eigenvalue weighted by Gasteiger charge is -2.14. The Hall–Kier alpha value is -1.94. The van der Waals surface area contributed by atoms with Gasteiger partial charge in [-0.1, -0.05) is 19.1 Å². The topological polar surface area (TPSA) is 48.1 Å². The molecular formula is C16H19FN2O. The van der Waals surface area contributed by atoms with Crippen molar-refractivity contribution in [2.75, 3.05) is 0 Å². The van der Waals surface area contributed by atoms with Crippen molar-refractivity contribution < 1.29 is 9.13 Å². The Bertz CT molecular complexity index is 586. The molecule has 0 bridgehead atoms. The number of aromatic nitrogens is 1. The van der Waals surface area contributed by atoms with E-state index in [-0.39, 0.29) is 11.9 Å². The smallest absolute Gasteiger partial charge is 0.222 e. The molecule has 2 N–H and O–H groups in total. The van der Waals surface area contributed by atoms with E-state index in [2.05, 4.69) is 4.98 Å². The first-order valence-corrected chi connectivity index (χ1v) is 6.73.